The molecule has 1 aromatic carbocycles. The lowest BCUT2D eigenvalue weighted by molar-refractivity contribution is 0.417. The van der Waals surface area contributed by atoms with Crippen LogP contribution in [-0.4, -0.2) is 0 Å². The van der Waals surface area contributed by atoms with Crippen molar-refractivity contribution >= 4 is 0 Å². The fraction of sp³-hybridized carbons (Fsp3) is 0.625. The van der Waals surface area contributed by atoms with Crippen molar-refractivity contribution < 1.29 is 0 Å². The molecule has 0 radical (unpaired) electrons. The Hall–Kier alpha value is -0.860. The molecule has 3 N–H and O–H groups in total. The number of benzene rings is 1. The van der Waals surface area contributed by atoms with Gasteiger partial charge in [-0.25, -0.2) is 0 Å². The number of hydrazine groups is 1. The molecule has 0 aromatic heterocycles. The van der Waals surface area contributed by atoms with Gasteiger partial charge in [-0.05, 0) is 36.2 Å². The molecule has 1 atom stereocenters. The zero-order valence-electron chi connectivity index (χ0n) is 12.5. The number of hydrogen-bond donors (Lipinski definition) is 2. The van der Waals surface area contributed by atoms with Crippen molar-refractivity contribution in [3.8, 4) is 0 Å². The van der Waals surface area contributed by atoms with Crippen LogP contribution in [0.15, 0.2) is 18.2 Å². The van der Waals surface area contributed by atoms with Gasteiger partial charge in [-0.2, -0.15) is 0 Å². The van der Waals surface area contributed by atoms with Crippen LogP contribution in [0.5, 0.6) is 0 Å². The fourth-order valence-corrected chi connectivity index (χ4v) is 3.66. The molecule has 100 valence electrons. The van der Waals surface area contributed by atoms with E-state index in [2.05, 4.69) is 65.2 Å². The Morgan fingerprint density at radius 1 is 1.00 bits per heavy atom. The molecule has 0 aliphatic heterocycles. The maximum Gasteiger partial charge on any atom is 0.0498 e. The summed E-state index contributed by atoms with van der Waals surface area (Å²) >= 11 is 0. The van der Waals surface area contributed by atoms with Crippen LogP contribution in [0.2, 0.25) is 0 Å². The van der Waals surface area contributed by atoms with Gasteiger partial charge in [0.2, 0.25) is 0 Å². The van der Waals surface area contributed by atoms with E-state index in [4.69, 9.17) is 5.84 Å². The van der Waals surface area contributed by atoms with E-state index in [0.717, 1.165) is 0 Å². The summed E-state index contributed by atoms with van der Waals surface area (Å²) in [4.78, 5) is 0. The Bertz CT molecular complexity index is 426. The summed E-state index contributed by atoms with van der Waals surface area (Å²) in [6.07, 6.45) is 0. The Kier molecular flexibility index (Phi) is 3.07. The molecule has 18 heavy (non-hydrogen) atoms. The van der Waals surface area contributed by atoms with Crippen molar-refractivity contribution in [3.05, 3.63) is 34.9 Å². The standard InChI is InChI=1S/C16H26N2/c1-10-7-11(2)9-12(8-10)13(18-17)14-15(3,4)16(14,5)6/h7-9,13-14,18H,17H2,1-6H3. The molecule has 1 fully saturated rings. The first kappa shape index (κ1) is 13.6. The van der Waals surface area contributed by atoms with E-state index in [0.29, 0.717) is 16.7 Å². The van der Waals surface area contributed by atoms with Gasteiger partial charge in [0.05, 0.1) is 0 Å². The second-order valence-electron chi connectivity index (χ2n) is 6.99. The van der Waals surface area contributed by atoms with Crippen molar-refractivity contribution in [2.24, 2.45) is 22.6 Å². The predicted molar refractivity (Wildman–Crippen MR) is 77.0 cm³/mol. The summed E-state index contributed by atoms with van der Waals surface area (Å²) in [5.74, 6) is 6.42. The van der Waals surface area contributed by atoms with E-state index in [-0.39, 0.29) is 6.04 Å². The Morgan fingerprint density at radius 2 is 1.44 bits per heavy atom. The molecule has 1 aromatic rings. The largest absolute Gasteiger partial charge is 0.271 e. The second kappa shape index (κ2) is 4.07. The Balaban J connectivity index is 2.36. The third-order valence-corrected chi connectivity index (χ3v) is 5.25. The minimum Gasteiger partial charge on any atom is -0.271 e. The molecular formula is C16H26N2. The quantitative estimate of drug-likeness (QED) is 0.633. The van der Waals surface area contributed by atoms with Gasteiger partial charge in [0.1, 0.15) is 0 Å². The number of hydrogen-bond acceptors (Lipinski definition) is 2. The summed E-state index contributed by atoms with van der Waals surface area (Å²) < 4.78 is 0. The Labute approximate surface area is 111 Å². The van der Waals surface area contributed by atoms with E-state index in [1.54, 1.807) is 0 Å². The summed E-state index contributed by atoms with van der Waals surface area (Å²) in [6.45, 7) is 13.6. The first-order valence-electron chi connectivity index (χ1n) is 6.76. The average Bonchev–Trinajstić information content (AvgIpc) is 2.61. The lowest BCUT2D eigenvalue weighted by Crippen LogP contribution is -2.31. The van der Waals surface area contributed by atoms with Gasteiger partial charge >= 0.3 is 0 Å². The van der Waals surface area contributed by atoms with E-state index in [1.165, 1.54) is 16.7 Å². The van der Waals surface area contributed by atoms with Crippen LogP contribution < -0.4 is 11.3 Å². The summed E-state index contributed by atoms with van der Waals surface area (Å²) in [7, 11) is 0. The highest BCUT2D eigenvalue weighted by Gasteiger charge is 2.67. The molecule has 1 saturated carbocycles. The lowest BCUT2D eigenvalue weighted by Gasteiger charge is -2.20. The van der Waals surface area contributed by atoms with Crippen LogP contribution in [0.4, 0.5) is 0 Å². The minimum absolute atomic E-state index is 0.244. The highest BCUT2D eigenvalue weighted by atomic mass is 15.2. The highest BCUT2D eigenvalue weighted by molar-refractivity contribution is 5.34. The van der Waals surface area contributed by atoms with Gasteiger partial charge in [0.25, 0.3) is 0 Å². The molecule has 1 aliphatic rings. The van der Waals surface area contributed by atoms with Gasteiger partial charge in [0.15, 0.2) is 0 Å². The molecule has 1 unspecified atom stereocenters. The van der Waals surface area contributed by atoms with Crippen LogP contribution in [0.1, 0.15) is 50.4 Å². The number of aryl methyl sites for hydroxylation is 2. The van der Waals surface area contributed by atoms with Crippen LogP contribution in [0.3, 0.4) is 0 Å². The molecule has 1 aliphatic carbocycles. The molecule has 0 amide bonds. The molecule has 2 nitrogen and oxygen atoms in total. The SMILES string of the molecule is Cc1cc(C)cc(C(NN)C2C(C)(C)C2(C)C)c1. The van der Waals surface area contributed by atoms with Gasteiger partial charge in [-0.15, -0.1) is 0 Å². The van der Waals surface area contributed by atoms with E-state index >= 15 is 0 Å². The number of nitrogens with two attached hydrogens (primary N) is 1. The average molecular weight is 246 g/mol. The van der Waals surface area contributed by atoms with Crippen molar-refractivity contribution in [2.45, 2.75) is 47.6 Å². The summed E-state index contributed by atoms with van der Waals surface area (Å²) in [6, 6.07) is 6.96. The normalized spacial score (nSPS) is 22.8. The zero-order chi connectivity index (χ0) is 13.7. The third-order valence-electron chi connectivity index (χ3n) is 5.25. The Morgan fingerprint density at radius 3 is 1.78 bits per heavy atom. The van der Waals surface area contributed by atoms with Crippen molar-refractivity contribution in [1.82, 2.24) is 5.43 Å². The van der Waals surface area contributed by atoms with Gasteiger partial charge in [-0.1, -0.05) is 57.0 Å². The maximum absolute atomic E-state index is 5.84. The first-order chi connectivity index (χ1) is 8.21. The predicted octanol–water partition coefficient (Wildman–Crippen LogP) is 3.49. The van der Waals surface area contributed by atoms with E-state index < -0.39 is 0 Å². The molecule has 0 bridgehead atoms. The zero-order valence-corrected chi connectivity index (χ0v) is 12.5. The van der Waals surface area contributed by atoms with E-state index in [1.807, 2.05) is 0 Å². The molecular weight excluding hydrogens is 220 g/mol. The highest BCUT2D eigenvalue weighted by Crippen LogP contribution is 2.72. The topological polar surface area (TPSA) is 38.0 Å². The van der Waals surface area contributed by atoms with Gasteiger partial charge in [-0.3, -0.25) is 11.3 Å². The smallest absolute Gasteiger partial charge is 0.0498 e. The fourth-order valence-electron chi connectivity index (χ4n) is 3.66. The number of nitrogens with one attached hydrogen (secondary N) is 1. The van der Waals surface area contributed by atoms with Gasteiger partial charge < -0.3 is 0 Å². The van der Waals surface area contributed by atoms with E-state index in [9.17, 15) is 0 Å². The second-order valence-corrected chi connectivity index (χ2v) is 6.99. The minimum atomic E-state index is 0.244. The molecule has 0 spiro atoms. The monoisotopic (exact) mass is 246 g/mol. The number of rotatable bonds is 3. The van der Waals surface area contributed by atoms with Crippen molar-refractivity contribution in [1.29, 1.82) is 0 Å². The van der Waals surface area contributed by atoms with Crippen molar-refractivity contribution in [2.75, 3.05) is 0 Å². The van der Waals surface area contributed by atoms with Crippen LogP contribution in [0, 0.1) is 30.6 Å². The molecule has 2 heteroatoms. The first-order valence-corrected chi connectivity index (χ1v) is 6.76. The van der Waals surface area contributed by atoms with Crippen LogP contribution >= 0.6 is 0 Å². The summed E-state index contributed by atoms with van der Waals surface area (Å²) in [5, 5.41) is 0. The molecule has 0 heterocycles. The molecule has 2 rings (SSSR count). The van der Waals surface area contributed by atoms with Gasteiger partial charge in [0, 0.05) is 6.04 Å². The maximum atomic E-state index is 5.84. The van der Waals surface area contributed by atoms with Crippen LogP contribution in [-0.2, 0) is 0 Å². The molecule has 0 saturated heterocycles. The van der Waals surface area contributed by atoms with Crippen LogP contribution in [0.25, 0.3) is 0 Å². The lowest BCUT2D eigenvalue weighted by atomic mass is 9.94. The summed E-state index contributed by atoms with van der Waals surface area (Å²) in [5.41, 5.74) is 7.65. The third kappa shape index (κ3) is 1.88. The van der Waals surface area contributed by atoms with Crippen molar-refractivity contribution in [3.63, 3.8) is 0 Å².